The molecule has 0 atom stereocenters. The second-order valence-electron chi connectivity index (χ2n) is 6.15. The number of hydrogen-bond donors (Lipinski definition) is 1. The van der Waals surface area contributed by atoms with E-state index in [1.54, 1.807) is 6.07 Å². The molecule has 0 aliphatic heterocycles. The number of amides is 1. The molecule has 0 spiro atoms. The average molecular weight is 298 g/mol. The molecule has 1 aliphatic carbocycles. The Hall–Kier alpha value is -2.43. The van der Waals surface area contributed by atoms with Crippen LogP contribution in [-0.2, 0) is 23.2 Å². The lowest BCUT2D eigenvalue weighted by Crippen LogP contribution is -2.25. The third-order valence-corrected chi connectivity index (χ3v) is 4.09. The van der Waals surface area contributed by atoms with Gasteiger partial charge in [-0.15, -0.1) is 0 Å². The lowest BCUT2D eigenvalue weighted by molar-refractivity contribution is -0.121. The van der Waals surface area contributed by atoms with Crippen LogP contribution in [0.1, 0.15) is 47.0 Å². The molecule has 0 bridgehead atoms. The SMILES string of the molecule is Cc1ccc(CNC(=O)c2cnc3c(c2)CC(=O)C3(C)C)o1. The number of carbonyl (C=O) groups is 2. The van der Waals surface area contributed by atoms with Crippen molar-refractivity contribution < 1.29 is 14.0 Å². The fraction of sp³-hybridized carbons (Fsp3) is 0.353. The maximum atomic E-state index is 12.2. The van der Waals surface area contributed by atoms with Crippen molar-refractivity contribution in [1.82, 2.24) is 10.3 Å². The summed E-state index contributed by atoms with van der Waals surface area (Å²) in [6.07, 6.45) is 1.87. The maximum Gasteiger partial charge on any atom is 0.253 e. The molecule has 22 heavy (non-hydrogen) atoms. The zero-order valence-corrected chi connectivity index (χ0v) is 12.9. The van der Waals surface area contributed by atoms with Gasteiger partial charge in [0.15, 0.2) is 0 Å². The van der Waals surface area contributed by atoms with Crippen LogP contribution in [0.5, 0.6) is 0 Å². The number of carbonyl (C=O) groups excluding carboxylic acids is 2. The minimum Gasteiger partial charge on any atom is -0.465 e. The van der Waals surface area contributed by atoms with Crippen molar-refractivity contribution in [2.45, 2.75) is 39.2 Å². The first kappa shape index (κ1) is 14.5. The summed E-state index contributed by atoms with van der Waals surface area (Å²) in [5.41, 5.74) is 1.52. The molecule has 5 nitrogen and oxygen atoms in total. The van der Waals surface area contributed by atoms with Crippen LogP contribution < -0.4 is 5.32 Å². The molecule has 2 aromatic heterocycles. The van der Waals surface area contributed by atoms with E-state index in [4.69, 9.17) is 4.42 Å². The molecule has 1 amide bonds. The van der Waals surface area contributed by atoms with Crippen molar-refractivity contribution in [2.24, 2.45) is 0 Å². The number of pyridine rings is 1. The van der Waals surface area contributed by atoms with Crippen LogP contribution in [0.4, 0.5) is 0 Å². The second kappa shape index (κ2) is 5.09. The molecular formula is C17H18N2O3. The smallest absolute Gasteiger partial charge is 0.253 e. The average Bonchev–Trinajstić information content (AvgIpc) is 2.98. The minimum absolute atomic E-state index is 0.138. The Morgan fingerprint density at radius 3 is 2.86 bits per heavy atom. The summed E-state index contributed by atoms with van der Waals surface area (Å²) in [4.78, 5) is 28.5. The van der Waals surface area contributed by atoms with Gasteiger partial charge in [0.2, 0.25) is 0 Å². The largest absolute Gasteiger partial charge is 0.465 e. The van der Waals surface area contributed by atoms with Crippen LogP contribution in [0.25, 0.3) is 0 Å². The maximum absolute atomic E-state index is 12.2. The Balaban J connectivity index is 1.75. The van der Waals surface area contributed by atoms with Crippen molar-refractivity contribution in [3.05, 3.63) is 52.7 Å². The number of rotatable bonds is 3. The van der Waals surface area contributed by atoms with Crippen LogP contribution in [0, 0.1) is 6.92 Å². The Morgan fingerprint density at radius 1 is 1.41 bits per heavy atom. The summed E-state index contributed by atoms with van der Waals surface area (Å²) < 4.78 is 5.41. The Labute approximate surface area is 128 Å². The molecule has 0 fully saturated rings. The van der Waals surface area contributed by atoms with Crippen LogP contribution in [0.3, 0.4) is 0 Å². The zero-order chi connectivity index (χ0) is 15.9. The van der Waals surface area contributed by atoms with Crippen LogP contribution >= 0.6 is 0 Å². The molecule has 2 aromatic rings. The molecule has 2 heterocycles. The summed E-state index contributed by atoms with van der Waals surface area (Å²) in [7, 11) is 0. The second-order valence-corrected chi connectivity index (χ2v) is 6.15. The first-order chi connectivity index (χ1) is 10.4. The fourth-order valence-corrected chi connectivity index (χ4v) is 2.71. The number of fused-ring (bicyclic) bond motifs is 1. The van der Waals surface area contributed by atoms with E-state index in [9.17, 15) is 9.59 Å². The summed E-state index contributed by atoms with van der Waals surface area (Å²) in [5, 5.41) is 2.79. The normalized spacial score (nSPS) is 15.7. The predicted molar refractivity (Wildman–Crippen MR) is 80.6 cm³/mol. The Bertz CT molecular complexity index is 759. The van der Waals surface area contributed by atoms with Gasteiger partial charge >= 0.3 is 0 Å². The highest BCUT2D eigenvalue weighted by Gasteiger charge is 2.39. The molecule has 0 radical (unpaired) electrons. The van der Waals surface area contributed by atoms with E-state index in [0.29, 0.717) is 24.3 Å². The van der Waals surface area contributed by atoms with Crippen molar-refractivity contribution in [3.8, 4) is 0 Å². The molecule has 5 heteroatoms. The predicted octanol–water partition coefficient (Wildman–Crippen LogP) is 2.32. The number of nitrogens with zero attached hydrogens (tertiary/aromatic N) is 1. The summed E-state index contributed by atoms with van der Waals surface area (Å²) in [6.45, 7) is 5.92. The third kappa shape index (κ3) is 2.43. The number of aromatic nitrogens is 1. The highest BCUT2D eigenvalue weighted by molar-refractivity contribution is 5.98. The Kier molecular flexibility index (Phi) is 3.35. The fourth-order valence-electron chi connectivity index (χ4n) is 2.71. The molecule has 0 saturated carbocycles. The number of furan rings is 1. The summed E-state index contributed by atoms with van der Waals surface area (Å²) >= 11 is 0. The van der Waals surface area contributed by atoms with Crippen LogP contribution in [0.15, 0.2) is 28.8 Å². The van der Waals surface area contributed by atoms with E-state index in [2.05, 4.69) is 10.3 Å². The van der Waals surface area contributed by atoms with E-state index in [0.717, 1.165) is 17.0 Å². The van der Waals surface area contributed by atoms with Gasteiger partial charge in [-0.05, 0) is 44.5 Å². The highest BCUT2D eigenvalue weighted by atomic mass is 16.3. The minimum atomic E-state index is -0.559. The van der Waals surface area contributed by atoms with Gasteiger partial charge in [0.05, 0.1) is 23.2 Å². The molecule has 0 aromatic carbocycles. The monoisotopic (exact) mass is 298 g/mol. The number of hydrogen-bond acceptors (Lipinski definition) is 4. The van der Waals surface area contributed by atoms with Gasteiger partial charge in [-0.3, -0.25) is 14.6 Å². The van der Waals surface area contributed by atoms with E-state index >= 15 is 0 Å². The van der Waals surface area contributed by atoms with Gasteiger partial charge in [0, 0.05) is 12.6 Å². The van der Waals surface area contributed by atoms with Gasteiger partial charge in [0.25, 0.3) is 5.91 Å². The van der Waals surface area contributed by atoms with Crippen molar-refractivity contribution >= 4 is 11.7 Å². The third-order valence-electron chi connectivity index (χ3n) is 4.09. The van der Waals surface area contributed by atoms with E-state index in [1.807, 2.05) is 32.9 Å². The standard InChI is InChI=1S/C17H18N2O3/c1-10-4-5-13(22-10)9-19-16(21)12-6-11-7-14(20)17(2,3)15(11)18-8-12/h4-6,8H,7,9H2,1-3H3,(H,19,21). The molecule has 3 rings (SSSR count). The molecule has 0 saturated heterocycles. The summed E-state index contributed by atoms with van der Waals surface area (Å²) in [5.74, 6) is 1.43. The van der Waals surface area contributed by atoms with Gasteiger partial charge in [-0.1, -0.05) is 0 Å². The van der Waals surface area contributed by atoms with E-state index in [1.165, 1.54) is 6.20 Å². The number of Topliss-reactive ketones (excluding diaryl/α,β-unsaturated/α-hetero) is 1. The quantitative estimate of drug-likeness (QED) is 0.944. The first-order valence-electron chi connectivity index (χ1n) is 7.24. The number of ketones is 1. The van der Waals surface area contributed by atoms with Crippen molar-refractivity contribution in [2.75, 3.05) is 0 Å². The van der Waals surface area contributed by atoms with Crippen molar-refractivity contribution in [3.63, 3.8) is 0 Å². The number of nitrogens with one attached hydrogen (secondary N) is 1. The molecule has 0 unspecified atom stereocenters. The van der Waals surface area contributed by atoms with Crippen LogP contribution in [-0.4, -0.2) is 16.7 Å². The van der Waals surface area contributed by atoms with Gasteiger partial charge in [-0.25, -0.2) is 0 Å². The van der Waals surface area contributed by atoms with Crippen molar-refractivity contribution in [1.29, 1.82) is 0 Å². The molecule has 1 aliphatic rings. The van der Waals surface area contributed by atoms with Gasteiger partial charge in [0.1, 0.15) is 17.3 Å². The number of aryl methyl sites for hydroxylation is 1. The molecular weight excluding hydrogens is 280 g/mol. The van der Waals surface area contributed by atoms with E-state index in [-0.39, 0.29) is 11.7 Å². The topological polar surface area (TPSA) is 72.2 Å². The molecule has 114 valence electrons. The van der Waals surface area contributed by atoms with Gasteiger partial charge in [-0.2, -0.15) is 0 Å². The van der Waals surface area contributed by atoms with Gasteiger partial charge < -0.3 is 9.73 Å². The molecule has 1 N–H and O–H groups in total. The zero-order valence-electron chi connectivity index (χ0n) is 12.9. The van der Waals surface area contributed by atoms with E-state index < -0.39 is 5.41 Å². The lowest BCUT2D eigenvalue weighted by atomic mass is 9.89. The summed E-state index contributed by atoms with van der Waals surface area (Å²) in [6, 6.07) is 5.45. The highest BCUT2D eigenvalue weighted by Crippen LogP contribution is 2.34. The first-order valence-corrected chi connectivity index (χ1v) is 7.24. The Morgan fingerprint density at radius 2 is 2.18 bits per heavy atom. The lowest BCUT2D eigenvalue weighted by Gasteiger charge is -2.15. The van der Waals surface area contributed by atoms with Crippen LogP contribution in [0.2, 0.25) is 0 Å².